The van der Waals surface area contributed by atoms with Gasteiger partial charge < -0.3 is 10.4 Å². The molecule has 18 heavy (non-hydrogen) atoms. The summed E-state index contributed by atoms with van der Waals surface area (Å²) in [5, 5.41) is 11.5. The van der Waals surface area contributed by atoms with Gasteiger partial charge in [0.2, 0.25) is 0 Å². The molecule has 0 aliphatic rings. The van der Waals surface area contributed by atoms with E-state index in [2.05, 4.69) is 5.32 Å². The van der Waals surface area contributed by atoms with E-state index in [1.807, 2.05) is 0 Å². The number of fused-ring (bicyclic) bond motifs is 1. The lowest BCUT2D eigenvalue weighted by molar-refractivity contribution is -0.135. The number of halogens is 1. The van der Waals surface area contributed by atoms with Gasteiger partial charge in [-0.15, -0.1) is 0 Å². The van der Waals surface area contributed by atoms with Gasteiger partial charge in [0, 0.05) is 10.9 Å². The highest BCUT2D eigenvalue weighted by Gasteiger charge is 2.12. The van der Waals surface area contributed by atoms with Crippen molar-refractivity contribution in [2.24, 2.45) is 0 Å². The topological polar surface area (TPSA) is 66.4 Å². The lowest BCUT2D eigenvalue weighted by Crippen LogP contribution is -2.29. The van der Waals surface area contributed by atoms with Crippen LogP contribution in [0.3, 0.4) is 0 Å². The van der Waals surface area contributed by atoms with Crippen molar-refractivity contribution in [2.45, 2.75) is 0 Å². The summed E-state index contributed by atoms with van der Waals surface area (Å²) >= 11 is 0. The molecule has 2 aromatic carbocycles. The van der Waals surface area contributed by atoms with E-state index in [1.165, 1.54) is 12.1 Å². The summed E-state index contributed by atoms with van der Waals surface area (Å²) in [5.41, 5.74) is 0.258. The zero-order valence-corrected chi connectivity index (χ0v) is 9.31. The number of aliphatic carboxylic acids is 1. The molecule has 0 fully saturated rings. The number of rotatable bonds is 3. The molecule has 0 heterocycles. The van der Waals surface area contributed by atoms with Crippen molar-refractivity contribution in [3.8, 4) is 0 Å². The summed E-state index contributed by atoms with van der Waals surface area (Å²) in [4.78, 5) is 22.2. The summed E-state index contributed by atoms with van der Waals surface area (Å²) in [5.74, 6) is -2.08. The van der Waals surface area contributed by atoms with E-state index in [0.29, 0.717) is 10.8 Å². The van der Waals surface area contributed by atoms with Crippen molar-refractivity contribution < 1.29 is 19.1 Å². The quantitative estimate of drug-likeness (QED) is 0.869. The van der Waals surface area contributed by atoms with Crippen molar-refractivity contribution in [3.63, 3.8) is 0 Å². The molecule has 0 aliphatic heterocycles. The Balaban J connectivity index is 2.42. The molecular weight excluding hydrogens is 237 g/mol. The number of hydrogen-bond donors (Lipinski definition) is 2. The molecule has 2 N–H and O–H groups in total. The number of carboxylic acids is 1. The van der Waals surface area contributed by atoms with Gasteiger partial charge in [0.1, 0.15) is 12.4 Å². The van der Waals surface area contributed by atoms with Crippen molar-refractivity contribution in [3.05, 3.63) is 47.8 Å². The normalized spacial score (nSPS) is 10.3. The van der Waals surface area contributed by atoms with E-state index < -0.39 is 24.2 Å². The zero-order chi connectivity index (χ0) is 13.1. The summed E-state index contributed by atoms with van der Waals surface area (Å²) in [6.45, 7) is -0.468. The van der Waals surface area contributed by atoms with Crippen LogP contribution in [-0.4, -0.2) is 23.5 Å². The minimum absolute atomic E-state index is 0.258. The number of benzene rings is 2. The Morgan fingerprint density at radius 3 is 2.44 bits per heavy atom. The Bertz CT molecular complexity index is 625. The average molecular weight is 247 g/mol. The van der Waals surface area contributed by atoms with Gasteiger partial charge in [-0.3, -0.25) is 9.59 Å². The van der Waals surface area contributed by atoms with Crippen LogP contribution in [0.15, 0.2) is 36.4 Å². The SMILES string of the molecule is O=C(O)CNC(=O)c1ccc(F)c2ccccc12. The molecule has 0 saturated heterocycles. The lowest BCUT2D eigenvalue weighted by atomic mass is 10.0. The molecular formula is C13H10FNO3. The number of carbonyl (C=O) groups excluding carboxylic acids is 1. The Morgan fingerprint density at radius 1 is 1.11 bits per heavy atom. The first-order chi connectivity index (χ1) is 8.59. The zero-order valence-electron chi connectivity index (χ0n) is 9.31. The molecule has 4 nitrogen and oxygen atoms in total. The van der Waals surface area contributed by atoms with Gasteiger partial charge in [0.25, 0.3) is 5.91 Å². The molecule has 5 heteroatoms. The summed E-state index contributed by atoms with van der Waals surface area (Å²) in [6.07, 6.45) is 0. The lowest BCUT2D eigenvalue weighted by Gasteiger charge is -2.07. The minimum atomic E-state index is -1.13. The highest BCUT2D eigenvalue weighted by Crippen LogP contribution is 2.21. The standard InChI is InChI=1S/C13H10FNO3/c14-11-6-5-10(13(18)15-7-12(16)17)8-3-1-2-4-9(8)11/h1-6H,7H2,(H,15,18)(H,16,17). The number of hydrogen-bond acceptors (Lipinski definition) is 2. The van der Waals surface area contributed by atoms with Crippen LogP contribution in [0.5, 0.6) is 0 Å². The molecule has 0 radical (unpaired) electrons. The van der Waals surface area contributed by atoms with E-state index >= 15 is 0 Å². The van der Waals surface area contributed by atoms with Crippen LogP contribution in [-0.2, 0) is 4.79 Å². The van der Waals surface area contributed by atoms with E-state index in [0.717, 1.165) is 0 Å². The molecule has 0 saturated carbocycles. The van der Waals surface area contributed by atoms with Crippen LogP contribution in [0.4, 0.5) is 4.39 Å². The third kappa shape index (κ3) is 2.29. The molecule has 1 amide bonds. The van der Waals surface area contributed by atoms with Crippen LogP contribution in [0.25, 0.3) is 10.8 Å². The van der Waals surface area contributed by atoms with Crippen molar-refractivity contribution in [2.75, 3.05) is 6.54 Å². The van der Waals surface area contributed by atoms with Crippen LogP contribution in [0, 0.1) is 5.82 Å². The van der Waals surface area contributed by atoms with Crippen molar-refractivity contribution in [1.82, 2.24) is 5.32 Å². The van der Waals surface area contributed by atoms with E-state index in [1.54, 1.807) is 24.3 Å². The monoisotopic (exact) mass is 247 g/mol. The second kappa shape index (κ2) is 4.83. The number of carboxylic acid groups (broad SMARTS) is 1. The van der Waals surface area contributed by atoms with Gasteiger partial charge in [0.05, 0.1) is 0 Å². The van der Waals surface area contributed by atoms with Crippen LogP contribution in [0.2, 0.25) is 0 Å². The first kappa shape index (κ1) is 12.0. The first-order valence-corrected chi connectivity index (χ1v) is 5.27. The molecule has 0 atom stereocenters. The van der Waals surface area contributed by atoms with Crippen molar-refractivity contribution >= 4 is 22.6 Å². The van der Waals surface area contributed by atoms with Crippen LogP contribution < -0.4 is 5.32 Å². The van der Waals surface area contributed by atoms with Crippen molar-refractivity contribution in [1.29, 1.82) is 0 Å². The molecule has 0 aromatic heterocycles. The van der Waals surface area contributed by atoms with E-state index in [4.69, 9.17) is 5.11 Å². The predicted octanol–water partition coefficient (Wildman–Crippen LogP) is 1.79. The number of nitrogens with one attached hydrogen (secondary N) is 1. The third-order valence-electron chi connectivity index (χ3n) is 2.52. The Morgan fingerprint density at radius 2 is 1.78 bits per heavy atom. The molecule has 0 aliphatic carbocycles. The number of amides is 1. The number of carbonyl (C=O) groups is 2. The molecule has 2 aromatic rings. The van der Waals surface area contributed by atoms with E-state index in [9.17, 15) is 14.0 Å². The molecule has 0 unspecified atom stereocenters. The van der Waals surface area contributed by atoms with Crippen LogP contribution >= 0.6 is 0 Å². The fraction of sp³-hybridized carbons (Fsp3) is 0.0769. The summed E-state index contributed by atoms with van der Waals surface area (Å²) in [7, 11) is 0. The molecule has 2 rings (SSSR count). The Kier molecular flexibility index (Phi) is 3.23. The largest absolute Gasteiger partial charge is 0.480 e. The summed E-state index contributed by atoms with van der Waals surface area (Å²) in [6, 6.07) is 9.08. The fourth-order valence-corrected chi connectivity index (χ4v) is 1.71. The maximum absolute atomic E-state index is 13.5. The Hall–Kier alpha value is -2.43. The van der Waals surface area contributed by atoms with Gasteiger partial charge in [-0.05, 0) is 17.5 Å². The maximum Gasteiger partial charge on any atom is 0.322 e. The van der Waals surface area contributed by atoms with Gasteiger partial charge >= 0.3 is 5.97 Å². The molecule has 0 spiro atoms. The third-order valence-corrected chi connectivity index (χ3v) is 2.52. The fourth-order valence-electron chi connectivity index (χ4n) is 1.71. The summed E-state index contributed by atoms with van der Waals surface area (Å²) < 4.78 is 13.5. The van der Waals surface area contributed by atoms with Gasteiger partial charge in [-0.1, -0.05) is 24.3 Å². The van der Waals surface area contributed by atoms with Gasteiger partial charge in [0.15, 0.2) is 0 Å². The molecule has 92 valence electrons. The second-order valence-corrected chi connectivity index (χ2v) is 3.72. The highest BCUT2D eigenvalue weighted by molar-refractivity contribution is 6.07. The molecule has 0 bridgehead atoms. The minimum Gasteiger partial charge on any atom is -0.480 e. The second-order valence-electron chi connectivity index (χ2n) is 3.72. The van der Waals surface area contributed by atoms with Gasteiger partial charge in [-0.2, -0.15) is 0 Å². The Labute approximate surface area is 102 Å². The van der Waals surface area contributed by atoms with E-state index in [-0.39, 0.29) is 5.56 Å². The van der Waals surface area contributed by atoms with Gasteiger partial charge in [-0.25, -0.2) is 4.39 Å². The van der Waals surface area contributed by atoms with Crippen LogP contribution in [0.1, 0.15) is 10.4 Å². The highest BCUT2D eigenvalue weighted by atomic mass is 19.1. The average Bonchev–Trinajstić information content (AvgIpc) is 2.37. The maximum atomic E-state index is 13.5. The first-order valence-electron chi connectivity index (χ1n) is 5.27. The predicted molar refractivity (Wildman–Crippen MR) is 63.9 cm³/mol. The smallest absolute Gasteiger partial charge is 0.322 e.